The molecule has 1 fully saturated rings. The SMILES string of the molecule is CCOC(=O)c1ccccc1S(=O)(=O)NC(=O)n1nc(Br)n(C2CC2)c1=O. The zero-order valence-corrected chi connectivity index (χ0v) is 16.5. The number of ether oxygens (including phenoxy) is 1. The van der Waals surface area contributed by atoms with Gasteiger partial charge in [-0.15, -0.1) is 9.78 Å². The lowest BCUT2D eigenvalue weighted by molar-refractivity contribution is 0.0521. The minimum absolute atomic E-state index is 0.0571. The van der Waals surface area contributed by atoms with E-state index < -0.39 is 32.6 Å². The molecule has 1 saturated carbocycles. The molecule has 27 heavy (non-hydrogen) atoms. The molecule has 12 heteroatoms. The molecule has 1 aliphatic rings. The van der Waals surface area contributed by atoms with Crippen LogP contribution in [0.2, 0.25) is 0 Å². The Morgan fingerprint density at radius 3 is 2.63 bits per heavy atom. The highest BCUT2D eigenvalue weighted by molar-refractivity contribution is 9.10. The molecule has 0 radical (unpaired) electrons. The third-order valence-electron chi connectivity index (χ3n) is 3.77. The van der Waals surface area contributed by atoms with Crippen LogP contribution in [0, 0.1) is 0 Å². The van der Waals surface area contributed by atoms with Crippen LogP contribution >= 0.6 is 15.9 Å². The molecule has 0 aliphatic heterocycles. The van der Waals surface area contributed by atoms with E-state index in [0.29, 0.717) is 4.68 Å². The number of esters is 1. The fourth-order valence-corrected chi connectivity index (χ4v) is 4.14. The number of carbonyl (C=O) groups excluding carboxylic acids is 2. The predicted octanol–water partition coefficient (Wildman–Crippen LogP) is 1.27. The van der Waals surface area contributed by atoms with Gasteiger partial charge in [-0.25, -0.2) is 27.5 Å². The summed E-state index contributed by atoms with van der Waals surface area (Å²) in [5, 5.41) is 3.75. The summed E-state index contributed by atoms with van der Waals surface area (Å²) in [6.07, 6.45) is 1.55. The zero-order valence-electron chi connectivity index (χ0n) is 14.1. The summed E-state index contributed by atoms with van der Waals surface area (Å²) in [6, 6.07) is 3.97. The van der Waals surface area contributed by atoms with E-state index in [1.807, 2.05) is 0 Å². The van der Waals surface area contributed by atoms with Crippen LogP contribution in [0.25, 0.3) is 0 Å². The first-order valence-corrected chi connectivity index (χ1v) is 10.2. The Hall–Kier alpha value is -2.47. The van der Waals surface area contributed by atoms with Crippen LogP contribution in [0.3, 0.4) is 0 Å². The second-order valence-corrected chi connectivity index (χ2v) is 8.05. The lowest BCUT2D eigenvalue weighted by atomic mass is 10.2. The summed E-state index contributed by atoms with van der Waals surface area (Å²) in [5.74, 6) is -0.844. The maximum Gasteiger partial charge on any atom is 0.360 e. The standard InChI is InChI=1S/C15H15BrN4O6S/c1-2-26-12(21)10-5-3-4-6-11(10)27(24,25)18-14(22)20-15(23)19(9-7-8-9)13(16)17-20/h3-6,9H,2,7-8H2,1H3,(H,18,22). The summed E-state index contributed by atoms with van der Waals surface area (Å²) in [7, 11) is -4.45. The van der Waals surface area contributed by atoms with E-state index in [2.05, 4.69) is 21.0 Å². The van der Waals surface area contributed by atoms with Gasteiger partial charge in [0, 0.05) is 6.04 Å². The highest BCUT2D eigenvalue weighted by Gasteiger charge is 2.32. The van der Waals surface area contributed by atoms with Gasteiger partial charge in [0.25, 0.3) is 10.0 Å². The average molecular weight is 459 g/mol. The van der Waals surface area contributed by atoms with Crippen LogP contribution in [-0.2, 0) is 14.8 Å². The summed E-state index contributed by atoms with van der Waals surface area (Å²) in [6.45, 7) is 1.64. The molecular weight excluding hydrogens is 444 g/mol. The Labute approximate surface area is 162 Å². The summed E-state index contributed by atoms with van der Waals surface area (Å²) in [4.78, 5) is 36.2. The molecule has 1 aliphatic carbocycles. The summed E-state index contributed by atoms with van der Waals surface area (Å²) < 4.78 is 33.6. The van der Waals surface area contributed by atoms with Gasteiger partial charge in [-0.2, -0.15) is 0 Å². The van der Waals surface area contributed by atoms with Crippen LogP contribution in [0.5, 0.6) is 0 Å². The predicted molar refractivity (Wildman–Crippen MR) is 96.0 cm³/mol. The van der Waals surface area contributed by atoms with Crippen molar-refractivity contribution in [3.05, 3.63) is 45.0 Å². The Kier molecular flexibility index (Phi) is 5.20. The largest absolute Gasteiger partial charge is 0.462 e. The van der Waals surface area contributed by atoms with Gasteiger partial charge in [-0.3, -0.25) is 4.57 Å². The van der Waals surface area contributed by atoms with E-state index >= 15 is 0 Å². The fourth-order valence-electron chi connectivity index (χ4n) is 2.42. The Balaban J connectivity index is 1.92. The fraction of sp³-hybridized carbons (Fsp3) is 0.333. The van der Waals surface area contributed by atoms with Crippen molar-refractivity contribution in [2.75, 3.05) is 6.61 Å². The second kappa shape index (κ2) is 7.27. The van der Waals surface area contributed by atoms with E-state index in [1.165, 1.54) is 22.8 Å². The highest BCUT2D eigenvalue weighted by Crippen LogP contribution is 2.35. The quantitative estimate of drug-likeness (QED) is 0.667. The molecule has 10 nitrogen and oxygen atoms in total. The zero-order chi connectivity index (χ0) is 19.8. The molecule has 0 bridgehead atoms. The van der Waals surface area contributed by atoms with Crippen molar-refractivity contribution in [1.82, 2.24) is 19.1 Å². The van der Waals surface area contributed by atoms with Crippen molar-refractivity contribution in [3.8, 4) is 0 Å². The van der Waals surface area contributed by atoms with Crippen LogP contribution < -0.4 is 10.4 Å². The van der Waals surface area contributed by atoms with E-state index in [-0.39, 0.29) is 22.9 Å². The number of aromatic nitrogens is 3. The van der Waals surface area contributed by atoms with Crippen molar-refractivity contribution < 1.29 is 22.7 Å². The number of benzene rings is 1. The Morgan fingerprint density at radius 1 is 1.33 bits per heavy atom. The van der Waals surface area contributed by atoms with E-state index in [0.717, 1.165) is 18.9 Å². The van der Waals surface area contributed by atoms with Gasteiger partial charge in [0.1, 0.15) is 4.90 Å². The summed E-state index contributed by atoms with van der Waals surface area (Å²) in [5.41, 5.74) is -0.979. The molecule has 0 saturated heterocycles. The number of nitrogens with one attached hydrogen (secondary N) is 1. The highest BCUT2D eigenvalue weighted by atomic mass is 79.9. The third kappa shape index (κ3) is 3.81. The van der Waals surface area contributed by atoms with Crippen molar-refractivity contribution >= 4 is 38.0 Å². The smallest absolute Gasteiger partial charge is 0.360 e. The van der Waals surface area contributed by atoms with Gasteiger partial charge in [0.15, 0.2) is 0 Å². The second-order valence-electron chi connectivity index (χ2n) is 5.69. The molecule has 1 aromatic heterocycles. The molecule has 0 atom stereocenters. The van der Waals surface area contributed by atoms with E-state index in [1.54, 1.807) is 11.6 Å². The van der Waals surface area contributed by atoms with Crippen LogP contribution in [0.4, 0.5) is 4.79 Å². The molecule has 144 valence electrons. The molecule has 1 amide bonds. The first-order chi connectivity index (χ1) is 12.8. The maximum atomic E-state index is 12.6. The van der Waals surface area contributed by atoms with Crippen molar-refractivity contribution in [1.29, 1.82) is 0 Å². The monoisotopic (exact) mass is 458 g/mol. The van der Waals surface area contributed by atoms with Gasteiger partial charge < -0.3 is 4.74 Å². The number of rotatable bonds is 5. The minimum atomic E-state index is -4.45. The van der Waals surface area contributed by atoms with Crippen LogP contribution in [0.15, 0.2) is 38.7 Å². The molecule has 2 aromatic rings. The maximum absolute atomic E-state index is 12.6. The molecule has 3 rings (SSSR count). The average Bonchev–Trinajstić information content (AvgIpc) is 3.39. The first-order valence-electron chi connectivity index (χ1n) is 7.96. The van der Waals surface area contributed by atoms with Gasteiger partial charge in [0.2, 0.25) is 4.73 Å². The number of carbonyl (C=O) groups is 2. The first kappa shape index (κ1) is 19.3. The number of nitrogens with zero attached hydrogens (tertiary/aromatic N) is 3. The normalized spacial score (nSPS) is 14.0. The van der Waals surface area contributed by atoms with Gasteiger partial charge in [0.05, 0.1) is 12.2 Å². The minimum Gasteiger partial charge on any atom is -0.462 e. The molecule has 0 unspecified atom stereocenters. The summed E-state index contributed by atoms with van der Waals surface area (Å²) >= 11 is 3.09. The van der Waals surface area contributed by atoms with E-state index in [4.69, 9.17) is 4.74 Å². The van der Waals surface area contributed by atoms with Crippen molar-refractivity contribution in [3.63, 3.8) is 0 Å². The van der Waals surface area contributed by atoms with Crippen molar-refractivity contribution in [2.24, 2.45) is 0 Å². The molecular formula is C15H15BrN4O6S. The van der Waals surface area contributed by atoms with Gasteiger partial charge in [-0.1, -0.05) is 12.1 Å². The van der Waals surface area contributed by atoms with Gasteiger partial charge in [-0.05, 0) is 47.8 Å². The van der Waals surface area contributed by atoms with Gasteiger partial charge >= 0.3 is 17.7 Å². The molecule has 0 spiro atoms. The number of hydrogen-bond donors (Lipinski definition) is 1. The number of sulfonamides is 1. The molecule has 1 heterocycles. The topological polar surface area (TPSA) is 129 Å². The van der Waals surface area contributed by atoms with Crippen molar-refractivity contribution in [2.45, 2.75) is 30.7 Å². The van der Waals surface area contributed by atoms with Crippen LogP contribution in [0.1, 0.15) is 36.2 Å². The molecule has 1 N–H and O–H groups in total. The Bertz CT molecular complexity index is 1070. The number of amides is 1. The number of halogens is 1. The Morgan fingerprint density at radius 2 is 2.00 bits per heavy atom. The third-order valence-corrected chi connectivity index (χ3v) is 5.69. The lowest BCUT2D eigenvalue weighted by Gasteiger charge is -2.10. The number of hydrogen-bond acceptors (Lipinski definition) is 7. The lowest BCUT2D eigenvalue weighted by Crippen LogP contribution is -2.41. The van der Waals surface area contributed by atoms with Crippen LogP contribution in [-0.4, -0.2) is 41.4 Å². The van der Waals surface area contributed by atoms with E-state index in [9.17, 15) is 22.8 Å². The molecule has 1 aromatic carbocycles.